The maximum Gasteiger partial charge on any atom is 0.243 e. The van der Waals surface area contributed by atoms with Gasteiger partial charge in [0.15, 0.2) is 0 Å². The van der Waals surface area contributed by atoms with Crippen LogP contribution in [-0.2, 0) is 4.79 Å². The van der Waals surface area contributed by atoms with E-state index >= 15 is 0 Å². The third-order valence-corrected chi connectivity index (χ3v) is 1.99. The Morgan fingerprint density at radius 1 is 1.47 bits per heavy atom. The molecule has 5 heteroatoms. The summed E-state index contributed by atoms with van der Waals surface area (Å²) in [6.45, 7) is 5.56. The lowest BCUT2D eigenvalue weighted by Crippen LogP contribution is -2.35. The van der Waals surface area contributed by atoms with Crippen molar-refractivity contribution in [2.24, 2.45) is 5.73 Å². The van der Waals surface area contributed by atoms with E-state index in [1.165, 1.54) is 0 Å². The molecule has 0 spiro atoms. The number of nitrogens with two attached hydrogens (primary N) is 1. The first kappa shape index (κ1) is 11.6. The van der Waals surface area contributed by atoms with Crippen LogP contribution >= 0.6 is 0 Å². The lowest BCUT2D eigenvalue weighted by molar-refractivity contribution is -0.117. The van der Waals surface area contributed by atoms with E-state index in [4.69, 9.17) is 5.73 Å². The Hall–Kier alpha value is -1.49. The predicted octanol–water partition coefficient (Wildman–Crippen LogP) is 0.769. The minimum atomic E-state index is -0.505. The van der Waals surface area contributed by atoms with Gasteiger partial charge in [-0.05, 0) is 26.3 Å². The zero-order chi connectivity index (χ0) is 11.4. The summed E-state index contributed by atoms with van der Waals surface area (Å²) in [7, 11) is 0. The van der Waals surface area contributed by atoms with Crippen LogP contribution in [-0.4, -0.2) is 21.9 Å². The van der Waals surface area contributed by atoms with Crippen LogP contribution in [0.2, 0.25) is 0 Å². The van der Waals surface area contributed by atoms with E-state index in [-0.39, 0.29) is 5.91 Å². The molecule has 0 aliphatic heterocycles. The minimum absolute atomic E-state index is 0.248. The molecular formula is C10H16N4O. The Bertz CT molecular complexity index is 344. The lowest BCUT2D eigenvalue weighted by atomic mass is 10.2. The molecule has 0 saturated heterocycles. The normalized spacial score (nSPS) is 12.3. The van der Waals surface area contributed by atoms with Crippen LogP contribution in [0.25, 0.3) is 0 Å². The molecule has 5 nitrogen and oxygen atoms in total. The van der Waals surface area contributed by atoms with Crippen molar-refractivity contribution >= 4 is 11.9 Å². The van der Waals surface area contributed by atoms with Crippen molar-refractivity contribution in [3.05, 3.63) is 17.5 Å². The summed E-state index contributed by atoms with van der Waals surface area (Å²) in [5.41, 5.74) is 7.22. The third kappa shape index (κ3) is 3.28. The van der Waals surface area contributed by atoms with E-state index < -0.39 is 6.04 Å². The Labute approximate surface area is 89.1 Å². The maximum atomic E-state index is 11.4. The molecule has 0 aliphatic carbocycles. The van der Waals surface area contributed by atoms with E-state index in [0.29, 0.717) is 12.4 Å². The molecular weight excluding hydrogens is 192 g/mol. The van der Waals surface area contributed by atoms with Crippen molar-refractivity contribution in [1.29, 1.82) is 0 Å². The molecule has 0 radical (unpaired) electrons. The molecule has 1 amide bonds. The summed E-state index contributed by atoms with van der Waals surface area (Å²) < 4.78 is 0. The van der Waals surface area contributed by atoms with Gasteiger partial charge in [0.05, 0.1) is 6.04 Å². The van der Waals surface area contributed by atoms with E-state index in [1.54, 1.807) is 0 Å². The zero-order valence-electron chi connectivity index (χ0n) is 9.24. The van der Waals surface area contributed by atoms with Gasteiger partial charge in [0.2, 0.25) is 11.9 Å². The van der Waals surface area contributed by atoms with Gasteiger partial charge >= 0.3 is 0 Å². The highest BCUT2D eigenvalue weighted by molar-refractivity contribution is 5.93. The molecule has 0 fully saturated rings. The van der Waals surface area contributed by atoms with Crippen LogP contribution in [0, 0.1) is 13.8 Å². The highest BCUT2D eigenvalue weighted by Gasteiger charge is 2.12. The van der Waals surface area contributed by atoms with Gasteiger partial charge in [0, 0.05) is 11.4 Å². The molecule has 82 valence electrons. The molecule has 0 saturated carbocycles. The summed E-state index contributed by atoms with van der Waals surface area (Å²) in [4.78, 5) is 19.6. The second-order valence-electron chi connectivity index (χ2n) is 3.48. The predicted molar refractivity (Wildman–Crippen MR) is 58.4 cm³/mol. The highest BCUT2D eigenvalue weighted by atomic mass is 16.2. The number of nitrogens with zero attached hydrogens (tertiary/aromatic N) is 2. The number of carbonyl (C=O) groups is 1. The Balaban J connectivity index is 2.76. The van der Waals surface area contributed by atoms with Gasteiger partial charge in [-0.1, -0.05) is 6.92 Å². The van der Waals surface area contributed by atoms with Crippen LogP contribution in [0.5, 0.6) is 0 Å². The first-order chi connectivity index (χ1) is 7.02. The molecule has 3 N–H and O–H groups in total. The zero-order valence-corrected chi connectivity index (χ0v) is 9.24. The first-order valence-corrected chi connectivity index (χ1v) is 4.91. The Morgan fingerprint density at radius 2 is 2.00 bits per heavy atom. The van der Waals surface area contributed by atoms with Gasteiger partial charge in [0.1, 0.15) is 0 Å². The monoisotopic (exact) mass is 208 g/mol. The van der Waals surface area contributed by atoms with Crippen LogP contribution in [0.15, 0.2) is 6.07 Å². The first-order valence-electron chi connectivity index (χ1n) is 4.91. The van der Waals surface area contributed by atoms with Gasteiger partial charge in [-0.3, -0.25) is 10.1 Å². The molecule has 15 heavy (non-hydrogen) atoms. The average Bonchev–Trinajstić information content (AvgIpc) is 2.14. The summed E-state index contributed by atoms with van der Waals surface area (Å²) in [5, 5.41) is 2.59. The number of nitrogens with one attached hydrogen (secondary N) is 1. The van der Waals surface area contributed by atoms with Gasteiger partial charge in [-0.2, -0.15) is 0 Å². The SMILES string of the molecule is CCC(N)C(=O)Nc1nc(C)cc(C)n1. The Morgan fingerprint density at radius 3 is 2.47 bits per heavy atom. The van der Waals surface area contributed by atoms with Crippen LogP contribution in [0.1, 0.15) is 24.7 Å². The van der Waals surface area contributed by atoms with Crippen LogP contribution < -0.4 is 11.1 Å². The number of carbonyl (C=O) groups excluding carboxylic acids is 1. The number of anilines is 1. The maximum absolute atomic E-state index is 11.4. The smallest absolute Gasteiger partial charge is 0.243 e. The molecule has 0 bridgehead atoms. The fraction of sp³-hybridized carbons (Fsp3) is 0.500. The topological polar surface area (TPSA) is 80.9 Å². The standard InChI is InChI=1S/C10H16N4O/c1-4-8(11)9(15)14-10-12-6(2)5-7(3)13-10/h5,8H,4,11H2,1-3H3,(H,12,13,14,15). The third-order valence-electron chi connectivity index (χ3n) is 1.99. The molecule has 1 aromatic rings. The van der Waals surface area contributed by atoms with Crippen molar-refractivity contribution in [3.63, 3.8) is 0 Å². The molecule has 1 rings (SSSR count). The number of amides is 1. The fourth-order valence-corrected chi connectivity index (χ4v) is 1.17. The largest absolute Gasteiger partial charge is 0.320 e. The van der Waals surface area contributed by atoms with Gasteiger partial charge in [-0.25, -0.2) is 9.97 Å². The molecule has 0 aromatic carbocycles. The van der Waals surface area contributed by atoms with Gasteiger partial charge in [-0.15, -0.1) is 0 Å². The highest BCUT2D eigenvalue weighted by Crippen LogP contribution is 2.04. The lowest BCUT2D eigenvalue weighted by Gasteiger charge is -2.09. The van der Waals surface area contributed by atoms with Gasteiger partial charge in [0.25, 0.3) is 0 Å². The van der Waals surface area contributed by atoms with E-state index in [0.717, 1.165) is 11.4 Å². The summed E-state index contributed by atoms with van der Waals surface area (Å²) in [5.74, 6) is 0.0731. The van der Waals surface area contributed by atoms with Gasteiger partial charge < -0.3 is 5.73 Å². The van der Waals surface area contributed by atoms with Crippen molar-refractivity contribution in [3.8, 4) is 0 Å². The summed E-state index contributed by atoms with van der Waals surface area (Å²) >= 11 is 0. The number of aryl methyl sites for hydroxylation is 2. The molecule has 1 unspecified atom stereocenters. The molecule has 1 atom stereocenters. The van der Waals surface area contributed by atoms with Crippen molar-refractivity contribution in [1.82, 2.24) is 9.97 Å². The van der Waals surface area contributed by atoms with E-state index in [1.807, 2.05) is 26.8 Å². The number of hydrogen-bond acceptors (Lipinski definition) is 4. The average molecular weight is 208 g/mol. The molecule has 0 aliphatic rings. The van der Waals surface area contributed by atoms with Crippen molar-refractivity contribution in [2.75, 3.05) is 5.32 Å². The minimum Gasteiger partial charge on any atom is -0.320 e. The molecule has 1 heterocycles. The van der Waals surface area contributed by atoms with E-state index in [9.17, 15) is 4.79 Å². The summed E-state index contributed by atoms with van der Waals surface area (Å²) in [6.07, 6.45) is 0.594. The van der Waals surface area contributed by atoms with E-state index in [2.05, 4.69) is 15.3 Å². The number of aromatic nitrogens is 2. The number of rotatable bonds is 3. The quantitative estimate of drug-likeness (QED) is 0.768. The summed E-state index contributed by atoms with van der Waals surface area (Å²) in [6, 6.07) is 1.34. The second kappa shape index (κ2) is 4.84. The van der Waals surface area contributed by atoms with Crippen molar-refractivity contribution < 1.29 is 4.79 Å². The number of hydrogen-bond donors (Lipinski definition) is 2. The molecule has 1 aromatic heterocycles. The second-order valence-corrected chi connectivity index (χ2v) is 3.48. The van der Waals surface area contributed by atoms with Crippen LogP contribution in [0.3, 0.4) is 0 Å². The fourth-order valence-electron chi connectivity index (χ4n) is 1.17. The Kier molecular flexibility index (Phi) is 3.74. The van der Waals surface area contributed by atoms with Crippen LogP contribution in [0.4, 0.5) is 5.95 Å². The van der Waals surface area contributed by atoms with Crippen molar-refractivity contribution in [2.45, 2.75) is 33.2 Å².